The third-order valence-electron chi connectivity index (χ3n) is 2.48. The lowest BCUT2D eigenvalue weighted by Crippen LogP contribution is -2.38. The monoisotopic (exact) mass is 236 g/mol. The molecule has 0 radical (unpaired) electrons. The Kier molecular flexibility index (Phi) is 4.97. The fourth-order valence-corrected chi connectivity index (χ4v) is 1.54. The van der Waals surface area contributed by atoms with E-state index in [4.69, 9.17) is 5.11 Å². The minimum atomic E-state index is -0.292. The summed E-state index contributed by atoms with van der Waals surface area (Å²) in [6.45, 7) is 5.83. The van der Waals surface area contributed by atoms with E-state index in [0.717, 1.165) is 11.3 Å². The summed E-state index contributed by atoms with van der Waals surface area (Å²) in [5.74, 6) is 0.349. The second kappa shape index (κ2) is 6.25. The molecule has 0 saturated heterocycles. The Hall–Kier alpha value is -1.55. The van der Waals surface area contributed by atoms with Gasteiger partial charge in [-0.2, -0.15) is 0 Å². The van der Waals surface area contributed by atoms with E-state index in [-0.39, 0.29) is 18.7 Å². The highest BCUT2D eigenvalue weighted by molar-refractivity contribution is 5.90. The first-order valence-electron chi connectivity index (χ1n) is 5.82. The van der Waals surface area contributed by atoms with Crippen LogP contribution in [0.2, 0.25) is 0 Å². The Morgan fingerprint density at radius 2 is 1.94 bits per heavy atom. The number of nitrogens with one attached hydrogen (secondary N) is 2. The number of aliphatic hydroxyl groups excluding tert-OH is 1. The van der Waals surface area contributed by atoms with Crippen LogP contribution in [0.1, 0.15) is 32.3 Å². The highest BCUT2D eigenvalue weighted by Crippen LogP contribution is 2.23. The van der Waals surface area contributed by atoms with Gasteiger partial charge in [-0.1, -0.05) is 32.0 Å². The molecule has 1 aromatic carbocycles. The van der Waals surface area contributed by atoms with Gasteiger partial charge in [-0.3, -0.25) is 0 Å². The lowest BCUT2D eigenvalue weighted by Gasteiger charge is -2.16. The minimum Gasteiger partial charge on any atom is -0.394 e. The van der Waals surface area contributed by atoms with Crippen LogP contribution < -0.4 is 10.6 Å². The summed E-state index contributed by atoms with van der Waals surface area (Å²) in [7, 11) is 0. The topological polar surface area (TPSA) is 61.4 Å². The van der Waals surface area contributed by atoms with Gasteiger partial charge >= 0.3 is 6.03 Å². The van der Waals surface area contributed by atoms with Crippen LogP contribution in [0.15, 0.2) is 24.3 Å². The van der Waals surface area contributed by atoms with Gasteiger partial charge in [0.1, 0.15) is 0 Å². The molecule has 0 bridgehead atoms. The van der Waals surface area contributed by atoms with E-state index >= 15 is 0 Å². The Bertz CT molecular complexity index is 377. The third kappa shape index (κ3) is 4.07. The molecular formula is C13H20N2O2. The van der Waals surface area contributed by atoms with Gasteiger partial charge in [0.15, 0.2) is 0 Å². The molecule has 0 aromatic heterocycles. The van der Waals surface area contributed by atoms with E-state index in [0.29, 0.717) is 5.92 Å². The van der Waals surface area contributed by atoms with Gasteiger partial charge in [0.2, 0.25) is 0 Å². The lowest BCUT2D eigenvalue weighted by atomic mass is 10.0. The SMILES string of the molecule is CC(CO)NC(=O)Nc1ccccc1C(C)C. The molecule has 1 aromatic rings. The van der Waals surface area contributed by atoms with Crippen LogP contribution in [0.4, 0.5) is 10.5 Å². The molecule has 0 saturated carbocycles. The molecule has 4 heteroatoms. The van der Waals surface area contributed by atoms with Gasteiger partial charge in [0.25, 0.3) is 0 Å². The van der Waals surface area contributed by atoms with Crippen molar-refractivity contribution >= 4 is 11.7 Å². The van der Waals surface area contributed by atoms with Crippen LogP contribution in [0.25, 0.3) is 0 Å². The number of hydrogen-bond acceptors (Lipinski definition) is 2. The van der Waals surface area contributed by atoms with Gasteiger partial charge in [0.05, 0.1) is 12.6 Å². The van der Waals surface area contributed by atoms with Crippen molar-refractivity contribution in [1.82, 2.24) is 5.32 Å². The van der Waals surface area contributed by atoms with E-state index in [9.17, 15) is 4.79 Å². The van der Waals surface area contributed by atoms with Gasteiger partial charge in [0, 0.05) is 5.69 Å². The summed E-state index contributed by atoms with van der Waals surface area (Å²) in [6.07, 6.45) is 0. The molecule has 0 aliphatic heterocycles. The van der Waals surface area contributed by atoms with Gasteiger partial charge in [-0.05, 0) is 24.5 Å². The van der Waals surface area contributed by atoms with Crippen LogP contribution in [-0.4, -0.2) is 23.8 Å². The van der Waals surface area contributed by atoms with Gasteiger partial charge < -0.3 is 15.7 Å². The Balaban J connectivity index is 2.71. The average molecular weight is 236 g/mol. The number of para-hydroxylation sites is 1. The van der Waals surface area contributed by atoms with Crippen LogP contribution in [-0.2, 0) is 0 Å². The zero-order valence-electron chi connectivity index (χ0n) is 10.5. The molecule has 2 amide bonds. The first kappa shape index (κ1) is 13.5. The predicted molar refractivity (Wildman–Crippen MR) is 69.2 cm³/mol. The number of hydrogen-bond donors (Lipinski definition) is 3. The molecular weight excluding hydrogens is 216 g/mol. The fraction of sp³-hybridized carbons (Fsp3) is 0.462. The number of anilines is 1. The van der Waals surface area contributed by atoms with Crippen molar-refractivity contribution in [2.75, 3.05) is 11.9 Å². The first-order valence-corrected chi connectivity index (χ1v) is 5.82. The van der Waals surface area contributed by atoms with Crippen LogP contribution >= 0.6 is 0 Å². The number of aliphatic hydroxyl groups is 1. The fourth-order valence-electron chi connectivity index (χ4n) is 1.54. The summed E-state index contributed by atoms with van der Waals surface area (Å²) in [4.78, 5) is 11.6. The summed E-state index contributed by atoms with van der Waals surface area (Å²) in [5, 5.41) is 14.3. The van der Waals surface area contributed by atoms with Gasteiger partial charge in [-0.15, -0.1) is 0 Å². The van der Waals surface area contributed by atoms with E-state index in [1.54, 1.807) is 6.92 Å². The standard InChI is InChI=1S/C13H20N2O2/c1-9(2)11-6-4-5-7-12(11)15-13(17)14-10(3)8-16/h4-7,9-10,16H,8H2,1-3H3,(H2,14,15,17). The van der Waals surface area contributed by atoms with Gasteiger partial charge in [-0.25, -0.2) is 4.79 Å². The first-order chi connectivity index (χ1) is 8.04. The maximum Gasteiger partial charge on any atom is 0.319 e. The van der Waals surface area contributed by atoms with Crippen molar-refractivity contribution in [3.8, 4) is 0 Å². The number of benzene rings is 1. The highest BCUT2D eigenvalue weighted by Gasteiger charge is 2.10. The maximum atomic E-state index is 11.6. The molecule has 0 fully saturated rings. The molecule has 1 atom stereocenters. The lowest BCUT2D eigenvalue weighted by molar-refractivity contribution is 0.229. The van der Waals surface area contributed by atoms with Crippen LogP contribution in [0.5, 0.6) is 0 Å². The Labute approximate surface area is 102 Å². The molecule has 3 N–H and O–H groups in total. The predicted octanol–water partition coefficient (Wildman–Crippen LogP) is 2.31. The van der Waals surface area contributed by atoms with E-state index in [1.165, 1.54) is 0 Å². The average Bonchev–Trinajstić information content (AvgIpc) is 2.29. The number of urea groups is 1. The summed E-state index contributed by atoms with van der Waals surface area (Å²) >= 11 is 0. The minimum absolute atomic E-state index is 0.0702. The summed E-state index contributed by atoms with van der Waals surface area (Å²) < 4.78 is 0. The van der Waals surface area contributed by atoms with Crippen molar-refractivity contribution in [1.29, 1.82) is 0 Å². The van der Waals surface area contributed by atoms with E-state index in [1.807, 2.05) is 24.3 Å². The van der Waals surface area contributed by atoms with Crippen molar-refractivity contribution in [2.24, 2.45) is 0 Å². The van der Waals surface area contributed by atoms with Crippen molar-refractivity contribution < 1.29 is 9.90 Å². The molecule has 0 aliphatic carbocycles. The number of carbonyl (C=O) groups excluding carboxylic acids is 1. The zero-order chi connectivity index (χ0) is 12.8. The maximum absolute atomic E-state index is 11.6. The molecule has 1 unspecified atom stereocenters. The van der Waals surface area contributed by atoms with Crippen LogP contribution in [0.3, 0.4) is 0 Å². The number of amides is 2. The Morgan fingerprint density at radius 1 is 1.29 bits per heavy atom. The quantitative estimate of drug-likeness (QED) is 0.751. The largest absolute Gasteiger partial charge is 0.394 e. The second-order valence-electron chi connectivity index (χ2n) is 4.42. The van der Waals surface area contributed by atoms with Crippen molar-refractivity contribution in [2.45, 2.75) is 32.7 Å². The molecule has 0 spiro atoms. The molecule has 0 heterocycles. The molecule has 1 rings (SSSR count). The molecule has 94 valence electrons. The smallest absolute Gasteiger partial charge is 0.319 e. The number of rotatable bonds is 4. The summed E-state index contributed by atoms with van der Waals surface area (Å²) in [6, 6.07) is 7.17. The normalized spacial score (nSPS) is 12.3. The highest BCUT2D eigenvalue weighted by atomic mass is 16.3. The number of carbonyl (C=O) groups is 1. The van der Waals surface area contributed by atoms with E-state index in [2.05, 4.69) is 24.5 Å². The van der Waals surface area contributed by atoms with Crippen molar-refractivity contribution in [3.63, 3.8) is 0 Å². The zero-order valence-corrected chi connectivity index (χ0v) is 10.5. The third-order valence-corrected chi connectivity index (χ3v) is 2.48. The molecule has 4 nitrogen and oxygen atoms in total. The Morgan fingerprint density at radius 3 is 2.53 bits per heavy atom. The van der Waals surface area contributed by atoms with Crippen molar-refractivity contribution in [3.05, 3.63) is 29.8 Å². The second-order valence-corrected chi connectivity index (χ2v) is 4.42. The van der Waals surface area contributed by atoms with E-state index < -0.39 is 0 Å². The summed E-state index contributed by atoms with van der Waals surface area (Å²) in [5.41, 5.74) is 1.91. The van der Waals surface area contributed by atoms with Crippen LogP contribution in [0, 0.1) is 0 Å². The molecule has 17 heavy (non-hydrogen) atoms. The molecule has 0 aliphatic rings.